The van der Waals surface area contributed by atoms with Gasteiger partial charge in [0.25, 0.3) is 0 Å². The minimum atomic E-state index is 0.226. The van der Waals surface area contributed by atoms with Crippen LogP contribution < -0.4 is 10.5 Å². The highest BCUT2D eigenvalue weighted by Gasteiger charge is 2.19. The molecule has 0 saturated carbocycles. The molecule has 0 fully saturated rings. The van der Waals surface area contributed by atoms with E-state index in [0.29, 0.717) is 11.7 Å². The summed E-state index contributed by atoms with van der Waals surface area (Å²) in [6.07, 6.45) is 0. The molecule has 0 aliphatic carbocycles. The van der Waals surface area contributed by atoms with Gasteiger partial charge in [-0.2, -0.15) is 4.98 Å². The number of nitrogens with two attached hydrogens (primary N) is 1. The average molecular weight is 312 g/mol. The van der Waals surface area contributed by atoms with Gasteiger partial charge in [-0.1, -0.05) is 21.1 Å². The SMILES string of the molecule is COc1c(C)c(Br)cc(C)c1-c1noc(CN)n1. The van der Waals surface area contributed by atoms with Gasteiger partial charge in [0, 0.05) is 10.0 Å². The van der Waals surface area contributed by atoms with Crippen molar-refractivity contribution in [1.82, 2.24) is 10.1 Å². The summed E-state index contributed by atoms with van der Waals surface area (Å²) >= 11 is 3.50. The van der Waals surface area contributed by atoms with Gasteiger partial charge < -0.3 is 15.0 Å². The van der Waals surface area contributed by atoms with E-state index in [2.05, 4.69) is 26.1 Å². The zero-order valence-electron chi connectivity index (χ0n) is 10.5. The van der Waals surface area contributed by atoms with Crippen LogP contribution in [0.15, 0.2) is 15.1 Å². The van der Waals surface area contributed by atoms with Crippen LogP contribution in [-0.2, 0) is 6.54 Å². The Morgan fingerprint density at radius 3 is 2.72 bits per heavy atom. The van der Waals surface area contributed by atoms with Crippen LogP contribution in [0.4, 0.5) is 0 Å². The Kier molecular flexibility index (Phi) is 3.68. The Hall–Kier alpha value is -1.40. The normalized spacial score (nSPS) is 10.7. The molecular formula is C12H14BrN3O2. The van der Waals surface area contributed by atoms with Gasteiger partial charge >= 0.3 is 0 Å². The van der Waals surface area contributed by atoms with E-state index in [9.17, 15) is 0 Å². The molecule has 0 amide bonds. The second-order valence-corrected chi connectivity index (χ2v) is 4.78. The van der Waals surface area contributed by atoms with Crippen LogP contribution in [0.25, 0.3) is 11.4 Å². The molecule has 96 valence electrons. The highest BCUT2D eigenvalue weighted by Crippen LogP contribution is 2.38. The molecule has 18 heavy (non-hydrogen) atoms. The van der Waals surface area contributed by atoms with Crippen molar-refractivity contribution in [3.05, 3.63) is 27.6 Å². The van der Waals surface area contributed by atoms with E-state index in [1.54, 1.807) is 7.11 Å². The van der Waals surface area contributed by atoms with Gasteiger partial charge in [-0.15, -0.1) is 0 Å². The van der Waals surface area contributed by atoms with Gasteiger partial charge in [0.2, 0.25) is 11.7 Å². The van der Waals surface area contributed by atoms with Crippen molar-refractivity contribution < 1.29 is 9.26 Å². The minimum Gasteiger partial charge on any atom is -0.496 e. The Morgan fingerprint density at radius 1 is 1.44 bits per heavy atom. The lowest BCUT2D eigenvalue weighted by atomic mass is 10.0. The lowest BCUT2D eigenvalue weighted by Crippen LogP contribution is -1.98. The van der Waals surface area contributed by atoms with E-state index in [0.717, 1.165) is 26.9 Å². The van der Waals surface area contributed by atoms with Crippen LogP contribution in [-0.4, -0.2) is 17.3 Å². The largest absolute Gasteiger partial charge is 0.496 e. The van der Waals surface area contributed by atoms with Crippen LogP contribution in [0.1, 0.15) is 17.0 Å². The van der Waals surface area contributed by atoms with Crippen molar-refractivity contribution >= 4 is 15.9 Å². The van der Waals surface area contributed by atoms with Crippen LogP contribution in [0.3, 0.4) is 0 Å². The number of methoxy groups -OCH3 is 1. The van der Waals surface area contributed by atoms with Gasteiger partial charge in [0.05, 0.1) is 19.2 Å². The summed E-state index contributed by atoms with van der Waals surface area (Å²) in [5.74, 6) is 1.65. The van der Waals surface area contributed by atoms with Crippen molar-refractivity contribution in [2.24, 2.45) is 5.73 Å². The number of nitrogens with zero attached hydrogens (tertiary/aromatic N) is 2. The summed E-state index contributed by atoms with van der Waals surface area (Å²) in [5.41, 5.74) is 8.31. The zero-order chi connectivity index (χ0) is 13.3. The summed E-state index contributed by atoms with van der Waals surface area (Å²) in [6, 6.07) is 2.01. The summed E-state index contributed by atoms with van der Waals surface area (Å²) in [6.45, 7) is 4.17. The minimum absolute atomic E-state index is 0.226. The second-order valence-electron chi connectivity index (χ2n) is 3.92. The summed E-state index contributed by atoms with van der Waals surface area (Å²) in [4.78, 5) is 4.24. The molecular weight excluding hydrogens is 298 g/mol. The molecule has 1 aromatic carbocycles. The maximum absolute atomic E-state index is 5.47. The molecule has 0 aliphatic heterocycles. The third-order valence-electron chi connectivity index (χ3n) is 2.73. The number of halogens is 1. The van der Waals surface area contributed by atoms with Crippen molar-refractivity contribution in [3.8, 4) is 17.1 Å². The standard InChI is InChI=1S/C12H14BrN3O2/c1-6-4-8(13)7(2)11(17-3)10(6)12-15-9(5-14)18-16-12/h4H,5,14H2,1-3H3. The molecule has 0 radical (unpaired) electrons. The Bertz CT molecular complexity index is 581. The van der Waals surface area contributed by atoms with Crippen molar-refractivity contribution in [1.29, 1.82) is 0 Å². The Balaban J connectivity index is 2.66. The van der Waals surface area contributed by atoms with Gasteiger partial charge in [-0.25, -0.2) is 0 Å². The van der Waals surface area contributed by atoms with Gasteiger partial charge in [-0.05, 0) is 25.5 Å². The molecule has 2 rings (SSSR count). The number of aromatic nitrogens is 2. The molecule has 0 atom stereocenters. The van der Waals surface area contributed by atoms with Crippen LogP contribution in [0, 0.1) is 13.8 Å². The van der Waals surface area contributed by atoms with Gasteiger partial charge in [0.15, 0.2) is 0 Å². The summed E-state index contributed by atoms with van der Waals surface area (Å²) in [5, 5.41) is 3.94. The van der Waals surface area contributed by atoms with Crippen LogP contribution >= 0.6 is 15.9 Å². The van der Waals surface area contributed by atoms with Crippen molar-refractivity contribution in [3.63, 3.8) is 0 Å². The molecule has 0 saturated heterocycles. The molecule has 2 aromatic rings. The monoisotopic (exact) mass is 311 g/mol. The number of hydrogen-bond donors (Lipinski definition) is 1. The van der Waals surface area contributed by atoms with Gasteiger partial charge in [0.1, 0.15) is 5.75 Å². The first-order valence-corrected chi connectivity index (χ1v) is 6.24. The summed E-state index contributed by atoms with van der Waals surface area (Å²) in [7, 11) is 1.63. The van der Waals surface area contributed by atoms with E-state index in [-0.39, 0.29) is 6.54 Å². The Morgan fingerprint density at radius 2 is 2.17 bits per heavy atom. The van der Waals surface area contributed by atoms with E-state index in [4.69, 9.17) is 15.0 Å². The number of hydrogen-bond acceptors (Lipinski definition) is 5. The first-order valence-electron chi connectivity index (χ1n) is 5.45. The second kappa shape index (κ2) is 5.07. The van der Waals surface area contributed by atoms with E-state index < -0.39 is 0 Å². The fraction of sp³-hybridized carbons (Fsp3) is 0.333. The first-order chi connectivity index (χ1) is 8.58. The average Bonchev–Trinajstić information content (AvgIpc) is 2.81. The highest BCUT2D eigenvalue weighted by atomic mass is 79.9. The molecule has 0 bridgehead atoms. The molecule has 2 N–H and O–H groups in total. The fourth-order valence-electron chi connectivity index (χ4n) is 1.82. The number of rotatable bonds is 3. The van der Waals surface area contributed by atoms with Crippen molar-refractivity contribution in [2.45, 2.75) is 20.4 Å². The fourth-order valence-corrected chi connectivity index (χ4v) is 2.34. The predicted molar refractivity (Wildman–Crippen MR) is 71.4 cm³/mol. The lowest BCUT2D eigenvalue weighted by Gasteiger charge is -2.13. The number of benzene rings is 1. The van der Waals surface area contributed by atoms with Gasteiger partial charge in [-0.3, -0.25) is 0 Å². The number of aryl methyl sites for hydroxylation is 1. The smallest absolute Gasteiger partial charge is 0.240 e. The first kappa shape index (κ1) is 13.0. The van der Waals surface area contributed by atoms with Crippen molar-refractivity contribution in [2.75, 3.05) is 7.11 Å². The third kappa shape index (κ3) is 2.13. The third-order valence-corrected chi connectivity index (χ3v) is 3.56. The van der Waals surface area contributed by atoms with Crippen LogP contribution in [0.2, 0.25) is 0 Å². The summed E-state index contributed by atoms with van der Waals surface area (Å²) < 4.78 is 11.5. The zero-order valence-corrected chi connectivity index (χ0v) is 12.0. The molecule has 1 aromatic heterocycles. The molecule has 0 aliphatic rings. The molecule has 0 spiro atoms. The number of ether oxygens (including phenoxy) is 1. The molecule has 0 unspecified atom stereocenters. The topological polar surface area (TPSA) is 74.2 Å². The van der Waals surface area contributed by atoms with E-state index >= 15 is 0 Å². The highest BCUT2D eigenvalue weighted by molar-refractivity contribution is 9.10. The van der Waals surface area contributed by atoms with Crippen LogP contribution in [0.5, 0.6) is 5.75 Å². The van der Waals surface area contributed by atoms with E-state index in [1.807, 2.05) is 19.9 Å². The molecule has 1 heterocycles. The quantitative estimate of drug-likeness (QED) is 0.943. The Labute approximate surface area is 113 Å². The lowest BCUT2D eigenvalue weighted by molar-refractivity contribution is 0.379. The maximum atomic E-state index is 5.47. The van der Waals surface area contributed by atoms with E-state index in [1.165, 1.54) is 0 Å². The molecule has 6 heteroatoms. The predicted octanol–water partition coefficient (Wildman–Crippen LogP) is 2.58. The maximum Gasteiger partial charge on any atom is 0.240 e. The molecule has 5 nitrogen and oxygen atoms in total.